The minimum Gasteiger partial charge on any atom is -0.386 e. The first-order chi connectivity index (χ1) is 11.5. The summed E-state index contributed by atoms with van der Waals surface area (Å²) in [4.78, 5) is 37.4. The molecule has 2 amide bonds. The summed E-state index contributed by atoms with van der Waals surface area (Å²) in [7, 11) is 1.73. The first kappa shape index (κ1) is 16.4. The Kier molecular flexibility index (Phi) is 4.51. The van der Waals surface area contributed by atoms with Crippen LogP contribution in [0.1, 0.15) is 31.9 Å². The SMILES string of the molecule is CC(=O)N1CCCC2(CC(C(=O)N(C)Cc3ccccn3)=NO2)C1. The number of piperidine rings is 1. The molecule has 2 aliphatic heterocycles. The van der Waals surface area contributed by atoms with Gasteiger partial charge in [0.05, 0.1) is 18.8 Å². The molecule has 0 bridgehead atoms. The fraction of sp³-hybridized carbons (Fsp3) is 0.529. The van der Waals surface area contributed by atoms with Crippen LogP contribution in [0.3, 0.4) is 0 Å². The number of aromatic nitrogens is 1. The number of nitrogens with zero attached hydrogens (tertiary/aromatic N) is 4. The molecule has 0 aromatic carbocycles. The summed E-state index contributed by atoms with van der Waals surface area (Å²) in [5.74, 6) is -0.123. The van der Waals surface area contributed by atoms with Crippen LogP contribution in [0.5, 0.6) is 0 Å². The molecule has 2 aliphatic rings. The molecule has 1 saturated heterocycles. The quantitative estimate of drug-likeness (QED) is 0.834. The van der Waals surface area contributed by atoms with Crippen LogP contribution in [0.4, 0.5) is 0 Å². The van der Waals surface area contributed by atoms with Crippen LogP contribution in [-0.2, 0) is 21.0 Å². The van der Waals surface area contributed by atoms with Crippen LogP contribution in [0, 0.1) is 0 Å². The van der Waals surface area contributed by atoms with Gasteiger partial charge in [-0.05, 0) is 25.0 Å². The highest BCUT2D eigenvalue weighted by Gasteiger charge is 2.45. The van der Waals surface area contributed by atoms with Gasteiger partial charge in [0, 0.05) is 33.1 Å². The van der Waals surface area contributed by atoms with E-state index in [4.69, 9.17) is 4.84 Å². The molecule has 0 aliphatic carbocycles. The summed E-state index contributed by atoms with van der Waals surface area (Å²) in [6.45, 7) is 3.21. The molecule has 7 nitrogen and oxygen atoms in total. The number of hydrogen-bond acceptors (Lipinski definition) is 5. The lowest BCUT2D eigenvalue weighted by molar-refractivity contribution is -0.138. The van der Waals surface area contributed by atoms with E-state index in [0.29, 0.717) is 25.2 Å². The number of hydrogen-bond donors (Lipinski definition) is 0. The number of carbonyl (C=O) groups is 2. The van der Waals surface area contributed by atoms with E-state index in [2.05, 4.69) is 10.1 Å². The molecule has 3 rings (SSSR count). The first-order valence-electron chi connectivity index (χ1n) is 8.15. The number of amides is 2. The average Bonchev–Trinajstić information content (AvgIpc) is 2.98. The van der Waals surface area contributed by atoms with E-state index >= 15 is 0 Å². The van der Waals surface area contributed by atoms with Crippen molar-refractivity contribution in [3.63, 3.8) is 0 Å². The fourth-order valence-corrected chi connectivity index (χ4v) is 3.25. The van der Waals surface area contributed by atoms with Gasteiger partial charge in [-0.25, -0.2) is 0 Å². The van der Waals surface area contributed by atoms with Crippen LogP contribution >= 0.6 is 0 Å². The number of oxime groups is 1. The summed E-state index contributed by atoms with van der Waals surface area (Å²) >= 11 is 0. The smallest absolute Gasteiger partial charge is 0.271 e. The van der Waals surface area contributed by atoms with E-state index in [9.17, 15) is 9.59 Å². The van der Waals surface area contributed by atoms with Gasteiger partial charge in [-0.3, -0.25) is 14.6 Å². The van der Waals surface area contributed by atoms with Crippen molar-refractivity contribution in [2.75, 3.05) is 20.1 Å². The molecule has 1 spiro atoms. The summed E-state index contributed by atoms with van der Waals surface area (Å²) in [6, 6.07) is 5.61. The molecule has 1 fully saturated rings. The third-order valence-corrected chi connectivity index (χ3v) is 4.54. The van der Waals surface area contributed by atoms with Gasteiger partial charge in [0.1, 0.15) is 5.71 Å². The second-order valence-electron chi connectivity index (χ2n) is 6.52. The monoisotopic (exact) mass is 330 g/mol. The molecular formula is C17H22N4O3. The molecule has 0 saturated carbocycles. The number of carbonyl (C=O) groups excluding carboxylic acids is 2. The Morgan fingerprint density at radius 3 is 2.96 bits per heavy atom. The standard InChI is InChI=1S/C17H22N4O3/c1-13(22)21-9-5-7-17(12-21)10-15(19-24-17)16(23)20(2)11-14-6-3-4-8-18-14/h3-4,6,8H,5,7,9-12H2,1-2H3. The van der Waals surface area contributed by atoms with Crippen molar-refractivity contribution in [1.82, 2.24) is 14.8 Å². The van der Waals surface area contributed by atoms with E-state index in [0.717, 1.165) is 25.1 Å². The highest BCUT2D eigenvalue weighted by molar-refractivity contribution is 6.39. The van der Waals surface area contributed by atoms with E-state index in [-0.39, 0.29) is 11.8 Å². The van der Waals surface area contributed by atoms with Gasteiger partial charge in [-0.1, -0.05) is 11.2 Å². The molecule has 0 N–H and O–H groups in total. The van der Waals surface area contributed by atoms with Gasteiger partial charge in [0.15, 0.2) is 5.60 Å². The minimum absolute atomic E-state index is 0.0321. The Hall–Kier alpha value is -2.44. The van der Waals surface area contributed by atoms with E-state index in [1.807, 2.05) is 18.2 Å². The van der Waals surface area contributed by atoms with Crippen LogP contribution in [-0.4, -0.2) is 58.0 Å². The molecule has 3 heterocycles. The predicted molar refractivity (Wildman–Crippen MR) is 88.1 cm³/mol. The van der Waals surface area contributed by atoms with Crippen molar-refractivity contribution in [2.24, 2.45) is 5.16 Å². The molecular weight excluding hydrogens is 308 g/mol. The second-order valence-corrected chi connectivity index (χ2v) is 6.52. The van der Waals surface area contributed by atoms with Crippen LogP contribution in [0.25, 0.3) is 0 Å². The minimum atomic E-state index is -0.541. The van der Waals surface area contributed by atoms with Crippen LogP contribution < -0.4 is 0 Å². The Morgan fingerprint density at radius 1 is 1.42 bits per heavy atom. The fourth-order valence-electron chi connectivity index (χ4n) is 3.25. The summed E-state index contributed by atoms with van der Waals surface area (Å²) in [6.07, 6.45) is 3.82. The lowest BCUT2D eigenvalue weighted by atomic mass is 9.88. The summed E-state index contributed by atoms with van der Waals surface area (Å²) < 4.78 is 0. The maximum Gasteiger partial charge on any atom is 0.271 e. The number of pyridine rings is 1. The lowest BCUT2D eigenvalue weighted by Gasteiger charge is -2.37. The zero-order valence-corrected chi connectivity index (χ0v) is 14.1. The molecule has 7 heteroatoms. The Bertz CT molecular complexity index is 661. The van der Waals surface area contributed by atoms with Crippen molar-refractivity contribution in [1.29, 1.82) is 0 Å². The first-order valence-corrected chi connectivity index (χ1v) is 8.15. The van der Waals surface area contributed by atoms with Crippen molar-refractivity contribution < 1.29 is 14.4 Å². The van der Waals surface area contributed by atoms with Crippen LogP contribution in [0.15, 0.2) is 29.6 Å². The van der Waals surface area contributed by atoms with Gasteiger partial charge in [0.2, 0.25) is 5.91 Å². The highest BCUT2D eigenvalue weighted by Crippen LogP contribution is 2.33. The van der Waals surface area contributed by atoms with Crippen LogP contribution in [0.2, 0.25) is 0 Å². The molecule has 1 unspecified atom stereocenters. The van der Waals surface area contributed by atoms with E-state index < -0.39 is 5.60 Å². The van der Waals surface area contributed by atoms with Gasteiger partial charge >= 0.3 is 0 Å². The Labute approximate surface area is 141 Å². The zero-order chi connectivity index (χ0) is 17.2. The molecule has 0 radical (unpaired) electrons. The number of rotatable bonds is 3. The van der Waals surface area contributed by atoms with Crippen molar-refractivity contribution in [2.45, 2.75) is 38.3 Å². The zero-order valence-electron chi connectivity index (χ0n) is 14.1. The largest absolute Gasteiger partial charge is 0.386 e. The molecule has 1 aromatic heterocycles. The maximum atomic E-state index is 12.6. The Balaban J connectivity index is 1.62. The highest BCUT2D eigenvalue weighted by atomic mass is 16.7. The van der Waals surface area contributed by atoms with Crippen molar-refractivity contribution in [3.8, 4) is 0 Å². The van der Waals surface area contributed by atoms with Gasteiger partial charge in [0.25, 0.3) is 5.91 Å². The van der Waals surface area contributed by atoms with Gasteiger partial charge in [-0.15, -0.1) is 0 Å². The predicted octanol–water partition coefficient (Wildman–Crippen LogP) is 1.20. The molecule has 24 heavy (non-hydrogen) atoms. The van der Waals surface area contributed by atoms with Gasteiger partial charge < -0.3 is 14.6 Å². The normalized spacial score (nSPS) is 22.9. The number of likely N-dealkylation sites (tertiary alicyclic amines) is 1. The Morgan fingerprint density at radius 2 is 2.25 bits per heavy atom. The van der Waals surface area contributed by atoms with E-state index in [1.54, 1.807) is 30.0 Å². The van der Waals surface area contributed by atoms with Crippen molar-refractivity contribution in [3.05, 3.63) is 30.1 Å². The van der Waals surface area contributed by atoms with Gasteiger partial charge in [-0.2, -0.15) is 0 Å². The molecule has 1 aromatic rings. The topological polar surface area (TPSA) is 75.1 Å². The maximum absolute atomic E-state index is 12.6. The second kappa shape index (κ2) is 6.59. The van der Waals surface area contributed by atoms with E-state index in [1.165, 1.54) is 0 Å². The van der Waals surface area contributed by atoms with Crippen molar-refractivity contribution >= 4 is 17.5 Å². The average molecular weight is 330 g/mol. The molecule has 1 atom stereocenters. The lowest BCUT2D eigenvalue weighted by Crippen LogP contribution is -2.50. The summed E-state index contributed by atoms with van der Waals surface area (Å²) in [5.41, 5.74) is 0.697. The third kappa shape index (κ3) is 3.39. The summed E-state index contributed by atoms with van der Waals surface area (Å²) in [5, 5.41) is 4.04. The molecule has 128 valence electrons. The third-order valence-electron chi connectivity index (χ3n) is 4.54.